The van der Waals surface area contributed by atoms with Gasteiger partial charge in [-0.2, -0.15) is 5.11 Å². The lowest BCUT2D eigenvalue weighted by Gasteiger charge is -2.23. The molecule has 0 heterocycles. The monoisotopic (exact) mass is 702 g/mol. The van der Waals surface area contributed by atoms with Crippen LogP contribution in [0.2, 0.25) is 0 Å². The largest absolute Gasteiger partial charge is 0.289 e. The van der Waals surface area contributed by atoms with Crippen LogP contribution in [0.3, 0.4) is 0 Å². The molecule has 0 spiro atoms. The third kappa shape index (κ3) is 7.02. The van der Waals surface area contributed by atoms with Gasteiger partial charge in [0.2, 0.25) is 0 Å². The molecule has 0 bridgehead atoms. The Morgan fingerprint density at radius 2 is 0.481 bits per heavy atom. The Bertz CT molecular complexity index is 2410. The molecule has 7 nitrogen and oxygen atoms in total. The zero-order valence-electron chi connectivity index (χ0n) is 28.8. The van der Waals surface area contributed by atoms with Crippen molar-refractivity contribution in [2.45, 2.75) is 0 Å². The number of rotatable bonds is 12. The number of benzene rings is 7. The van der Waals surface area contributed by atoms with Gasteiger partial charge in [0.25, 0.3) is 0 Å². The van der Waals surface area contributed by atoms with Crippen LogP contribution in [0, 0.1) is 0 Å². The predicted octanol–water partition coefficient (Wildman–Crippen LogP) is 10.3. The summed E-state index contributed by atoms with van der Waals surface area (Å²) in [5.41, 5.74) is -0.975. The van der Waals surface area contributed by atoms with E-state index in [0.29, 0.717) is 5.69 Å². The minimum atomic E-state index is -0.732. The van der Waals surface area contributed by atoms with Gasteiger partial charge >= 0.3 is 0 Å². The van der Waals surface area contributed by atoms with Crippen molar-refractivity contribution < 1.29 is 24.0 Å². The SMILES string of the molecule is O=C(c1ccccc1)c1c(N=Nc2ccccc2)c(C(=O)c2ccccc2)c(C(=O)c2ccccc2)c(C(=O)c2ccccc2)c1C(=O)c1ccccc1. The molecular weight excluding hydrogens is 673 g/mol. The molecule has 0 saturated heterocycles. The fourth-order valence-corrected chi connectivity index (χ4v) is 6.23. The highest BCUT2D eigenvalue weighted by molar-refractivity contribution is 6.34. The van der Waals surface area contributed by atoms with E-state index in [4.69, 9.17) is 0 Å². The van der Waals surface area contributed by atoms with Gasteiger partial charge in [0.15, 0.2) is 28.9 Å². The summed E-state index contributed by atoms with van der Waals surface area (Å²) in [6, 6.07) is 49.5. The van der Waals surface area contributed by atoms with Gasteiger partial charge in [-0.25, -0.2) is 0 Å². The molecule has 0 atom stereocenters. The average Bonchev–Trinajstić information content (AvgIpc) is 3.25. The lowest BCUT2D eigenvalue weighted by Crippen LogP contribution is -2.25. The Labute approximate surface area is 311 Å². The van der Waals surface area contributed by atoms with Gasteiger partial charge in [0, 0.05) is 44.5 Å². The number of hydrogen-bond donors (Lipinski definition) is 0. The zero-order chi connectivity index (χ0) is 37.4. The molecule has 7 aromatic carbocycles. The average molecular weight is 703 g/mol. The molecule has 0 unspecified atom stereocenters. The third-order valence-corrected chi connectivity index (χ3v) is 8.81. The highest BCUT2D eigenvalue weighted by atomic mass is 16.1. The standard InChI is InChI=1S/C47H30N2O5/c50-43(31-19-7-1-8-20-31)37-38(44(51)32-21-9-2-10-22-32)40(46(53)34-25-13-4-14-26-34)42(49-48-36-29-17-6-18-30-36)41(47(54)35-27-15-5-16-28-35)39(37)45(52)33-23-11-3-12-24-33/h1-30H. The molecule has 7 heteroatoms. The van der Waals surface area contributed by atoms with E-state index >= 15 is 24.0 Å². The Hall–Kier alpha value is -7.51. The van der Waals surface area contributed by atoms with E-state index in [1.807, 2.05) is 0 Å². The van der Waals surface area contributed by atoms with Crippen molar-refractivity contribution >= 4 is 40.3 Å². The van der Waals surface area contributed by atoms with Crippen molar-refractivity contribution in [2.24, 2.45) is 10.2 Å². The van der Waals surface area contributed by atoms with Crippen molar-refractivity contribution in [2.75, 3.05) is 0 Å². The summed E-state index contributed by atoms with van der Waals surface area (Å²) >= 11 is 0. The molecule has 0 aliphatic heterocycles. The van der Waals surface area contributed by atoms with E-state index in [9.17, 15) is 0 Å². The van der Waals surface area contributed by atoms with Crippen molar-refractivity contribution in [3.05, 3.63) is 238 Å². The highest BCUT2D eigenvalue weighted by Crippen LogP contribution is 2.41. The molecule has 54 heavy (non-hydrogen) atoms. The van der Waals surface area contributed by atoms with E-state index in [0.717, 1.165) is 0 Å². The van der Waals surface area contributed by atoms with Crippen LogP contribution in [0.5, 0.6) is 0 Å². The van der Waals surface area contributed by atoms with Gasteiger partial charge in [-0.05, 0) is 12.1 Å². The van der Waals surface area contributed by atoms with Crippen LogP contribution in [0.25, 0.3) is 0 Å². The minimum absolute atomic E-state index is 0.136. The van der Waals surface area contributed by atoms with Crippen LogP contribution >= 0.6 is 0 Å². The fourth-order valence-electron chi connectivity index (χ4n) is 6.23. The molecule has 258 valence electrons. The summed E-state index contributed by atoms with van der Waals surface area (Å²) in [5, 5.41) is 9.03. The van der Waals surface area contributed by atoms with Crippen LogP contribution in [0.1, 0.15) is 79.6 Å². The van der Waals surface area contributed by atoms with E-state index < -0.39 is 28.9 Å². The first-order chi connectivity index (χ1) is 26.4. The molecule has 0 fully saturated rings. The van der Waals surface area contributed by atoms with Gasteiger partial charge in [-0.1, -0.05) is 170 Å². The van der Waals surface area contributed by atoms with Crippen molar-refractivity contribution in [1.82, 2.24) is 0 Å². The number of carbonyl (C=O) groups excluding carboxylic acids is 5. The van der Waals surface area contributed by atoms with Crippen LogP contribution in [0.4, 0.5) is 11.4 Å². The normalized spacial score (nSPS) is 10.9. The van der Waals surface area contributed by atoms with Gasteiger partial charge in [-0.15, -0.1) is 5.11 Å². The first-order valence-corrected chi connectivity index (χ1v) is 17.1. The number of nitrogens with zero attached hydrogens (tertiary/aromatic N) is 2. The number of carbonyl (C=O) groups is 5. The molecule has 7 rings (SSSR count). The van der Waals surface area contributed by atoms with Gasteiger partial charge in [0.05, 0.1) is 16.8 Å². The second-order valence-corrected chi connectivity index (χ2v) is 12.2. The quantitative estimate of drug-likeness (QED) is 0.0930. The maximum Gasteiger partial charge on any atom is 0.196 e. The smallest absolute Gasteiger partial charge is 0.196 e. The number of azo groups is 1. The van der Waals surface area contributed by atoms with Gasteiger partial charge in [-0.3, -0.25) is 24.0 Å². The second-order valence-electron chi connectivity index (χ2n) is 12.2. The van der Waals surface area contributed by atoms with Crippen molar-refractivity contribution in [3.63, 3.8) is 0 Å². The lowest BCUT2D eigenvalue weighted by molar-refractivity contribution is 0.0975. The van der Waals surface area contributed by atoms with Gasteiger partial charge < -0.3 is 0 Å². The third-order valence-electron chi connectivity index (χ3n) is 8.81. The first-order valence-electron chi connectivity index (χ1n) is 17.1. The molecule has 0 aliphatic carbocycles. The molecule has 7 aromatic rings. The van der Waals surface area contributed by atoms with E-state index in [1.54, 1.807) is 182 Å². The Morgan fingerprint density at radius 1 is 0.259 bits per heavy atom. The van der Waals surface area contributed by atoms with Crippen LogP contribution in [0.15, 0.2) is 192 Å². The topological polar surface area (TPSA) is 110 Å². The zero-order valence-corrected chi connectivity index (χ0v) is 28.8. The molecule has 0 aliphatic rings. The molecule has 0 saturated carbocycles. The molecule has 0 radical (unpaired) electrons. The summed E-state index contributed by atoms with van der Waals surface area (Å²) in [4.78, 5) is 75.3. The summed E-state index contributed by atoms with van der Waals surface area (Å²) in [6.45, 7) is 0. The fraction of sp³-hybridized carbons (Fsp3) is 0. The minimum Gasteiger partial charge on any atom is -0.289 e. The van der Waals surface area contributed by atoms with Crippen LogP contribution < -0.4 is 0 Å². The molecular formula is C47H30N2O5. The first kappa shape index (κ1) is 34.9. The van der Waals surface area contributed by atoms with Gasteiger partial charge in [0.1, 0.15) is 5.69 Å². The maximum absolute atomic E-state index is 15.1. The van der Waals surface area contributed by atoms with Crippen molar-refractivity contribution in [1.29, 1.82) is 0 Å². The highest BCUT2D eigenvalue weighted by Gasteiger charge is 2.39. The molecule has 0 amide bonds. The summed E-state index contributed by atoms with van der Waals surface area (Å²) in [6.07, 6.45) is 0. The van der Waals surface area contributed by atoms with Crippen LogP contribution in [-0.4, -0.2) is 28.9 Å². The van der Waals surface area contributed by atoms with Crippen molar-refractivity contribution in [3.8, 4) is 0 Å². The Morgan fingerprint density at radius 3 is 0.759 bits per heavy atom. The summed E-state index contributed by atoms with van der Waals surface area (Å²) < 4.78 is 0. The Kier molecular flexibility index (Phi) is 10.2. The molecule has 0 N–H and O–H groups in total. The van der Waals surface area contributed by atoms with Crippen LogP contribution in [-0.2, 0) is 0 Å². The maximum atomic E-state index is 15.1. The van der Waals surface area contributed by atoms with E-state index in [-0.39, 0.29) is 61.3 Å². The summed E-state index contributed by atoms with van der Waals surface area (Å²) in [5.74, 6) is -3.55. The second kappa shape index (κ2) is 15.8. The van der Waals surface area contributed by atoms with E-state index in [1.165, 1.54) is 0 Å². The summed E-state index contributed by atoms with van der Waals surface area (Å²) in [7, 11) is 0. The lowest BCUT2D eigenvalue weighted by atomic mass is 9.77. The van der Waals surface area contributed by atoms with E-state index in [2.05, 4.69) is 10.2 Å². The molecule has 0 aromatic heterocycles. The predicted molar refractivity (Wildman–Crippen MR) is 206 cm³/mol. The number of ketones is 5. The Balaban J connectivity index is 1.73. The number of hydrogen-bond acceptors (Lipinski definition) is 7.